The fraction of sp³-hybridized carbons (Fsp3) is 0.105. The second-order valence-electron chi connectivity index (χ2n) is 5.04. The van der Waals surface area contributed by atoms with Gasteiger partial charge in [0.1, 0.15) is 5.82 Å². The molecule has 0 fully saturated rings. The lowest BCUT2D eigenvalue weighted by atomic mass is 10.1. The summed E-state index contributed by atoms with van der Waals surface area (Å²) in [6.45, 7) is 0.226. The summed E-state index contributed by atoms with van der Waals surface area (Å²) in [5.74, 6) is -0.308. The molecule has 0 saturated carbocycles. The number of nitriles is 1. The lowest BCUT2D eigenvalue weighted by molar-refractivity contribution is -0.106. The highest BCUT2D eigenvalue weighted by molar-refractivity contribution is 9.14. The van der Waals surface area contributed by atoms with Crippen molar-refractivity contribution < 1.29 is 9.18 Å². The number of halogens is 2. The lowest BCUT2D eigenvalue weighted by Crippen LogP contribution is -2.27. The minimum Gasteiger partial charge on any atom is -0.372 e. The quantitative estimate of drug-likeness (QED) is 0.355. The van der Waals surface area contributed by atoms with Gasteiger partial charge in [-0.3, -0.25) is 10.2 Å². The van der Waals surface area contributed by atoms with Crippen molar-refractivity contribution in [3.05, 3.63) is 74.7 Å². The molecule has 0 aliphatic rings. The monoisotopic (exact) mass is 480 g/mol. The fourth-order valence-electron chi connectivity index (χ4n) is 2.06. The van der Waals surface area contributed by atoms with Crippen molar-refractivity contribution in [2.75, 3.05) is 11.2 Å². The topological polar surface area (TPSA) is 94.0 Å². The molecule has 2 aromatic carbocycles. The SMILES string of the molecule is CS/C=C(\Br)SC(=N)N(Cc1ccccc1F)c1ccc(C#N)cc1.NC=O. The van der Waals surface area contributed by atoms with Gasteiger partial charge < -0.3 is 10.6 Å². The van der Waals surface area contributed by atoms with Crippen LogP contribution in [0.25, 0.3) is 0 Å². The number of primary amides is 1. The Bertz CT molecular complexity index is 869. The average molecular weight is 481 g/mol. The standard InChI is InChI=1S/C18H15BrFN3S2.CH3NO/c1-24-12-17(19)25-18(22)23(11-14-4-2-3-5-16(14)20)15-8-6-13(10-21)7-9-15;2-1-3/h2-9,12,22H,11H2,1H3;1H,(H2,2,3)/b17-12+,22-18?;. The molecule has 0 spiro atoms. The number of benzene rings is 2. The number of carbonyl (C=O) groups is 1. The lowest BCUT2D eigenvalue weighted by Gasteiger charge is -2.25. The molecule has 0 saturated heterocycles. The maximum atomic E-state index is 14.1. The zero-order valence-electron chi connectivity index (χ0n) is 14.9. The molecule has 5 nitrogen and oxygen atoms in total. The van der Waals surface area contributed by atoms with Crippen LogP contribution < -0.4 is 10.6 Å². The zero-order valence-corrected chi connectivity index (χ0v) is 18.2. The average Bonchev–Trinajstić information content (AvgIpc) is 2.68. The molecule has 0 aromatic heterocycles. The molecule has 2 aromatic rings. The van der Waals surface area contributed by atoms with Crippen LogP contribution in [0.3, 0.4) is 0 Å². The number of carbonyl (C=O) groups excluding carboxylic acids is 1. The van der Waals surface area contributed by atoms with Crippen molar-refractivity contribution >= 4 is 56.7 Å². The number of rotatable bonds is 5. The molecule has 0 atom stereocenters. The van der Waals surface area contributed by atoms with E-state index in [2.05, 4.69) is 27.7 Å². The van der Waals surface area contributed by atoms with Crippen molar-refractivity contribution in [3.8, 4) is 6.07 Å². The van der Waals surface area contributed by atoms with Crippen LogP contribution in [-0.4, -0.2) is 17.8 Å². The van der Waals surface area contributed by atoms with E-state index in [4.69, 9.17) is 15.5 Å². The van der Waals surface area contributed by atoms with Gasteiger partial charge in [0.25, 0.3) is 0 Å². The molecule has 0 aliphatic heterocycles. The molecule has 9 heteroatoms. The van der Waals surface area contributed by atoms with Crippen LogP contribution in [-0.2, 0) is 11.3 Å². The van der Waals surface area contributed by atoms with Crippen LogP contribution in [0, 0.1) is 22.6 Å². The van der Waals surface area contributed by atoms with Gasteiger partial charge >= 0.3 is 0 Å². The second-order valence-corrected chi connectivity index (χ2v) is 8.15. The van der Waals surface area contributed by atoms with Gasteiger partial charge in [0.2, 0.25) is 6.41 Å². The molecular formula is C19H18BrFN4OS2. The predicted molar refractivity (Wildman–Crippen MR) is 120 cm³/mol. The van der Waals surface area contributed by atoms with E-state index >= 15 is 0 Å². The van der Waals surface area contributed by atoms with Crippen molar-refractivity contribution in [2.45, 2.75) is 6.54 Å². The van der Waals surface area contributed by atoms with Gasteiger partial charge in [-0.15, -0.1) is 11.8 Å². The van der Waals surface area contributed by atoms with E-state index in [9.17, 15) is 4.39 Å². The van der Waals surface area contributed by atoms with E-state index in [1.807, 2.05) is 11.7 Å². The van der Waals surface area contributed by atoms with Gasteiger partial charge in [-0.2, -0.15) is 5.26 Å². The Morgan fingerprint density at radius 3 is 2.46 bits per heavy atom. The molecule has 0 radical (unpaired) electrons. The molecular weight excluding hydrogens is 463 g/mol. The number of nitrogens with one attached hydrogen (secondary N) is 1. The van der Waals surface area contributed by atoms with Gasteiger partial charge in [0, 0.05) is 11.3 Å². The Morgan fingerprint density at radius 2 is 1.93 bits per heavy atom. The number of nitrogens with two attached hydrogens (primary N) is 1. The molecule has 0 aliphatic carbocycles. The fourth-order valence-corrected chi connectivity index (χ4v) is 4.21. The minimum absolute atomic E-state index is 0.226. The number of amidine groups is 1. The van der Waals surface area contributed by atoms with E-state index in [0.717, 1.165) is 9.50 Å². The van der Waals surface area contributed by atoms with E-state index in [1.54, 1.807) is 47.4 Å². The normalized spacial score (nSPS) is 10.3. The third kappa shape index (κ3) is 7.76. The van der Waals surface area contributed by atoms with Crippen LogP contribution >= 0.6 is 39.5 Å². The summed E-state index contributed by atoms with van der Waals surface area (Å²) in [6.07, 6.45) is 2.18. The Morgan fingerprint density at radius 1 is 1.32 bits per heavy atom. The minimum atomic E-state index is -0.308. The molecule has 28 heavy (non-hydrogen) atoms. The van der Waals surface area contributed by atoms with Crippen molar-refractivity contribution in [3.63, 3.8) is 0 Å². The molecule has 2 rings (SSSR count). The van der Waals surface area contributed by atoms with Crippen LogP contribution in [0.4, 0.5) is 10.1 Å². The number of amides is 1. The Labute approximate surface area is 180 Å². The predicted octanol–water partition coefficient (Wildman–Crippen LogP) is 5.03. The van der Waals surface area contributed by atoms with Crippen LogP contribution in [0.5, 0.6) is 0 Å². The summed E-state index contributed by atoms with van der Waals surface area (Å²) in [5.41, 5.74) is 5.93. The highest BCUT2D eigenvalue weighted by Gasteiger charge is 2.16. The number of thioether (sulfide) groups is 2. The van der Waals surface area contributed by atoms with Gasteiger partial charge in [0.05, 0.1) is 22.0 Å². The van der Waals surface area contributed by atoms with Crippen LogP contribution in [0.2, 0.25) is 0 Å². The first-order chi connectivity index (χ1) is 13.5. The maximum Gasteiger partial charge on any atom is 0.204 e. The molecule has 0 bridgehead atoms. The third-order valence-electron chi connectivity index (χ3n) is 3.24. The smallest absolute Gasteiger partial charge is 0.204 e. The summed E-state index contributed by atoms with van der Waals surface area (Å²) in [5, 5.41) is 19.5. The Hall–Kier alpha value is -2.28. The third-order valence-corrected chi connectivity index (χ3v) is 5.61. The van der Waals surface area contributed by atoms with E-state index in [-0.39, 0.29) is 23.9 Å². The first-order valence-electron chi connectivity index (χ1n) is 7.78. The van der Waals surface area contributed by atoms with Crippen molar-refractivity contribution in [2.24, 2.45) is 5.73 Å². The Kier molecular flexibility index (Phi) is 11.0. The maximum absolute atomic E-state index is 14.1. The zero-order chi connectivity index (χ0) is 20.9. The highest BCUT2D eigenvalue weighted by Crippen LogP contribution is 2.30. The van der Waals surface area contributed by atoms with Crippen molar-refractivity contribution in [1.29, 1.82) is 10.7 Å². The number of nitrogens with zero attached hydrogens (tertiary/aromatic N) is 2. The molecule has 146 valence electrons. The summed E-state index contributed by atoms with van der Waals surface area (Å²) in [7, 11) is 0. The largest absolute Gasteiger partial charge is 0.372 e. The van der Waals surface area contributed by atoms with E-state index in [0.29, 0.717) is 11.1 Å². The summed E-state index contributed by atoms with van der Waals surface area (Å²) in [4.78, 5) is 10.3. The van der Waals surface area contributed by atoms with E-state index < -0.39 is 0 Å². The van der Waals surface area contributed by atoms with Gasteiger partial charge in [-0.25, -0.2) is 4.39 Å². The summed E-state index contributed by atoms with van der Waals surface area (Å²) in [6, 6.07) is 15.5. The first kappa shape index (κ1) is 23.8. The van der Waals surface area contributed by atoms with Gasteiger partial charge in [-0.1, -0.05) is 18.2 Å². The van der Waals surface area contributed by atoms with Crippen LogP contribution in [0.15, 0.2) is 57.8 Å². The van der Waals surface area contributed by atoms with Crippen molar-refractivity contribution in [1.82, 2.24) is 0 Å². The number of hydrogen-bond donors (Lipinski definition) is 2. The summed E-state index contributed by atoms with van der Waals surface area (Å²) >= 11 is 6.19. The number of hydrogen-bond acceptors (Lipinski definition) is 5. The Balaban J connectivity index is 0.00000122. The molecule has 0 heterocycles. The molecule has 0 unspecified atom stereocenters. The summed E-state index contributed by atoms with van der Waals surface area (Å²) < 4.78 is 14.9. The van der Waals surface area contributed by atoms with E-state index in [1.165, 1.54) is 29.6 Å². The highest BCUT2D eigenvalue weighted by atomic mass is 79.9. The number of anilines is 1. The van der Waals surface area contributed by atoms with Crippen LogP contribution in [0.1, 0.15) is 11.1 Å². The second kappa shape index (κ2) is 13.0. The molecule has 1 amide bonds. The molecule has 3 N–H and O–H groups in total. The first-order valence-corrected chi connectivity index (χ1v) is 10.7. The van der Waals surface area contributed by atoms with Gasteiger partial charge in [0.15, 0.2) is 5.17 Å². The van der Waals surface area contributed by atoms with Gasteiger partial charge in [-0.05, 0) is 69.7 Å².